The minimum Gasteiger partial charge on any atom is -0.490 e. The van der Waals surface area contributed by atoms with Crippen LogP contribution in [-0.2, 0) is 6.42 Å². The Balaban J connectivity index is 2.90. The van der Waals surface area contributed by atoms with Gasteiger partial charge in [0, 0.05) is 11.8 Å². The third-order valence-corrected chi connectivity index (χ3v) is 3.90. The minimum absolute atomic E-state index is 0.223. The van der Waals surface area contributed by atoms with Gasteiger partial charge in [-0.3, -0.25) is 0 Å². The van der Waals surface area contributed by atoms with Crippen molar-refractivity contribution in [1.29, 1.82) is 5.26 Å². The molecule has 0 radical (unpaired) electrons. The molecule has 0 bridgehead atoms. The smallest absolute Gasteiger partial charge is 0.164 e. The van der Waals surface area contributed by atoms with Crippen LogP contribution in [0.2, 0.25) is 0 Å². The van der Waals surface area contributed by atoms with Crippen LogP contribution in [-0.4, -0.2) is 19.0 Å². The van der Waals surface area contributed by atoms with Gasteiger partial charge in [-0.25, -0.2) is 4.39 Å². The summed E-state index contributed by atoms with van der Waals surface area (Å²) in [4.78, 5) is 0. The molecular formula is C17H24FNO2S. The Kier molecular flexibility index (Phi) is 8.76. The van der Waals surface area contributed by atoms with Gasteiger partial charge in [0.15, 0.2) is 11.5 Å². The van der Waals surface area contributed by atoms with Crippen LogP contribution in [0.1, 0.15) is 39.2 Å². The topological polar surface area (TPSA) is 42.2 Å². The molecule has 1 aromatic rings. The molecule has 1 unspecified atom stereocenters. The van der Waals surface area contributed by atoms with Crippen molar-refractivity contribution in [2.24, 2.45) is 5.92 Å². The molecule has 1 rings (SSSR count). The van der Waals surface area contributed by atoms with E-state index < -0.39 is 0 Å². The van der Waals surface area contributed by atoms with Crippen LogP contribution in [0.4, 0.5) is 4.39 Å². The first kappa shape index (κ1) is 18.6. The fourth-order valence-electron chi connectivity index (χ4n) is 2.00. The van der Waals surface area contributed by atoms with Crippen molar-refractivity contribution in [3.63, 3.8) is 0 Å². The van der Waals surface area contributed by atoms with Crippen LogP contribution >= 0.6 is 11.8 Å². The van der Waals surface area contributed by atoms with Crippen molar-refractivity contribution in [2.45, 2.75) is 40.0 Å². The Bertz CT molecular complexity index is 502. The molecule has 122 valence electrons. The summed E-state index contributed by atoms with van der Waals surface area (Å²) < 4.78 is 25.5. The van der Waals surface area contributed by atoms with Gasteiger partial charge in [0.05, 0.1) is 13.2 Å². The third-order valence-electron chi connectivity index (χ3n) is 3.04. The van der Waals surface area contributed by atoms with E-state index in [4.69, 9.17) is 14.7 Å². The maximum Gasteiger partial charge on any atom is 0.164 e. The number of thiocyanates is 1. The Morgan fingerprint density at radius 1 is 1.18 bits per heavy atom. The standard InChI is InChI=1S/C17H24FNO2S/c1-4-6-20-16-9-14(8-13(3)11-22-12-19)15(18)10-17(16)21-7-5-2/h9-10,13H,4-8,11H2,1-3H3. The summed E-state index contributed by atoms with van der Waals surface area (Å²) in [5.74, 6) is 1.71. The second-order valence-corrected chi connectivity index (χ2v) is 6.10. The molecule has 5 heteroatoms. The lowest BCUT2D eigenvalue weighted by Crippen LogP contribution is -2.07. The Morgan fingerprint density at radius 2 is 1.77 bits per heavy atom. The molecule has 1 atom stereocenters. The SMILES string of the molecule is CCCOc1cc(F)c(CC(C)CSC#N)cc1OCCC. The van der Waals surface area contributed by atoms with Crippen LogP contribution in [0.5, 0.6) is 11.5 Å². The molecule has 3 nitrogen and oxygen atoms in total. The van der Waals surface area contributed by atoms with Gasteiger partial charge in [-0.2, -0.15) is 5.26 Å². The van der Waals surface area contributed by atoms with E-state index >= 15 is 0 Å². The quantitative estimate of drug-likeness (QED) is 0.580. The number of halogens is 1. The van der Waals surface area contributed by atoms with Crippen LogP contribution in [0, 0.1) is 22.4 Å². The molecule has 0 saturated carbocycles. The molecule has 0 aliphatic carbocycles. The third kappa shape index (κ3) is 6.15. The number of ether oxygens (including phenoxy) is 2. The number of nitriles is 1. The van der Waals surface area contributed by atoms with E-state index in [1.807, 2.05) is 26.2 Å². The highest BCUT2D eigenvalue weighted by molar-refractivity contribution is 8.03. The van der Waals surface area contributed by atoms with Crippen molar-refractivity contribution >= 4 is 11.8 Å². The monoisotopic (exact) mass is 325 g/mol. The Labute approximate surface area is 136 Å². The first-order chi connectivity index (χ1) is 10.6. The maximum absolute atomic E-state index is 14.3. The van der Waals surface area contributed by atoms with Crippen LogP contribution < -0.4 is 9.47 Å². The van der Waals surface area contributed by atoms with Crippen LogP contribution in [0.3, 0.4) is 0 Å². The minimum atomic E-state index is -0.274. The fourth-order valence-corrected chi connectivity index (χ4v) is 2.47. The lowest BCUT2D eigenvalue weighted by atomic mass is 10.0. The lowest BCUT2D eigenvalue weighted by molar-refractivity contribution is 0.266. The number of hydrogen-bond acceptors (Lipinski definition) is 4. The van der Waals surface area contributed by atoms with Gasteiger partial charge in [-0.05, 0) is 48.6 Å². The number of thioether (sulfide) groups is 1. The zero-order chi connectivity index (χ0) is 16.4. The van der Waals surface area contributed by atoms with Crippen molar-refractivity contribution in [1.82, 2.24) is 0 Å². The highest BCUT2D eigenvalue weighted by Gasteiger charge is 2.15. The van der Waals surface area contributed by atoms with Crippen LogP contribution in [0.15, 0.2) is 12.1 Å². The average molecular weight is 325 g/mol. The molecule has 0 aliphatic heterocycles. The van der Waals surface area contributed by atoms with Crippen molar-refractivity contribution in [3.05, 3.63) is 23.5 Å². The van der Waals surface area contributed by atoms with Gasteiger partial charge in [-0.1, -0.05) is 20.8 Å². The number of rotatable bonds is 10. The van der Waals surface area contributed by atoms with Gasteiger partial charge < -0.3 is 9.47 Å². The van der Waals surface area contributed by atoms with E-state index in [9.17, 15) is 4.39 Å². The van der Waals surface area contributed by atoms with Gasteiger partial charge in [0.1, 0.15) is 11.2 Å². The number of benzene rings is 1. The zero-order valence-electron chi connectivity index (χ0n) is 13.5. The van der Waals surface area contributed by atoms with Crippen LogP contribution in [0.25, 0.3) is 0 Å². The molecule has 0 aromatic heterocycles. The summed E-state index contributed by atoms with van der Waals surface area (Å²) in [6.45, 7) is 7.16. The Hall–Kier alpha value is -1.41. The summed E-state index contributed by atoms with van der Waals surface area (Å²) in [6.07, 6.45) is 2.32. The molecule has 0 spiro atoms. The molecule has 0 amide bonds. The predicted molar refractivity (Wildman–Crippen MR) is 88.9 cm³/mol. The Morgan fingerprint density at radius 3 is 2.32 bits per heavy atom. The first-order valence-corrected chi connectivity index (χ1v) is 8.69. The highest BCUT2D eigenvalue weighted by atomic mass is 32.2. The van der Waals surface area contributed by atoms with E-state index in [2.05, 4.69) is 0 Å². The summed E-state index contributed by atoms with van der Waals surface area (Å²) >= 11 is 1.20. The van der Waals surface area contributed by atoms with Crippen molar-refractivity contribution < 1.29 is 13.9 Å². The van der Waals surface area contributed by atoms with Gasteiger partial charge >= 0.3 is 0 Å². The maximum atomic E-state index is 14.3. The molecule has 1 aromatic carbocycles. The predicted octanol–water partition coefficient (Wildman–Crippen LogP) is 4.80. The molecule has 0 fully saturated rings. The van der Waals surface area contributed by atoms with Crippen molar-refractivity contribution in [3.8, 4) is 16.9 Å². The number of hydrogen-bond donors (Lipinski definition) is 0. The molecule has 0 saturated heterocycles. The van der Waals surface area contributed by atoms with E-state index in [1.165, 1.54) is 17.8 Å². The molecule has 0 aliphatic rings. The van der Waals surface area contributed by atoms with Gasteiger partial charge in [-0.15, -0.1) is 0 Å². The summed E-state index contributed by atoms with van der Waals surface area (Å²) in [7, 11) is 0. The van der Waals surface area contributed by atoms with Gasteiger partial charge in [0.2, 0.25) is 0 Å². The lowest BCUT2D eigenvalue weighted by Gasteiger charge is -2.16. The fraction of sp³-hybridized carbons (Fsp3) is 0.588. The zero-order valence-corrected chi connectivity index (χ0v) is 14.3. The largest absolute Gasteiger partial charge is 0.490 e. The second kappa shape index (κ2) is 10.3. The average Bonchev–Trinajstić information content (AvgIpc) is 2.51. The van der Waals surface area contributed by atoms with Gasteiger partial charge in [0.25, 0.3) is 0 Å². The molecule has 0 heterocycles. The molecule has 22 heavy (non-hydrogen) atoms. The van der Waals surface area contributed by atoms with Crippen molar-refractivity contribution in [2.75, 3.05) is 19.0 Å². The summed E-state index contributed by atoms with van der Waals surface area (Å²) in [5, 5.41) is 10.6. The van der Waals surface area contributed by atoms with E-state index in [0.29, 0.717) is 42.4 Å². The highest BCUT2D eigenvalue weighted by Crippen LogP contribution is 2.32. The molecule has 0 N–H and O–H groups in total. The van der Waals surface area contributed by atoms with E-state index in [1.54, 1.807) is 6.07 Å². The molecular weight excluding hydrogens is 301 g/mol. The first-order valence-electron chi connectivity index (χ1n) is 7.71. The van der Waals surface area contributed by atoms with E-state index in [0.717, 1.165) is 12.8 Å². The van der Waals surface area contributed by atoms with E-state index in [-0.39, 0.29) is 11.7 Å². The second-order valence-electron chi connectivity index (χ2n) is 5.30. The summed E-state index contributed by atoms with van der Waals surface area (Å²) in [5.41, 5.74) is 0.612. The normalized spacial score (nSPS) is 11.8. The number of nitrogens with zero attached hydrogens (tertiary/aromatic N) is 1. The summed E-state index contributed by atoms with van der Waals surface area (Å²) in [6, 6.07) is 3.16.